The highest BCUT2D eigenvalue weighted by molar-refractivity contribution is 7.67. The summed E-state index contributed by atoms with van der Waals surface area (Å²) in [6.45, 7) is 5.50. The van der Waals surface area contributed by atoms with Crippen LogP contribution in [0, 0.1) is 0 Å². The van der Waals surface area contributed by atoms with Gasteiger partial charge in [-0.1, -0.05) is 12.2 Å². The van der Waals surface area contributed by atoms with Crippen LogP contribution < -0.4 is 4.86 Å². The van der Waals surface area contributed by atoms with E-state index in [-0.39, 0.29) is 0 Å². The third kappa shape index (κ3) is 7.59. The second kappa shape index (κ2) is 6.30. The zero-order valence-corrected chi connectivity index (χ0v) is 9.56. The van der Waals surface area contributed by atoms with E-state index in [1.807, 2.05) is 0 Å². The Kier molecular flexibility index (Phi) is 6.17. The summed E-state index contributed by atoms with van der Waals surface area (Å²) >= 11 is 0. The van der Waals surface area contributed by atoms with Crippen LogP contribution >= 0.6 is 15.7 Å². The summed E-state index contributed by atoms with van der Waals surface area (Å²) in [7, 11) is -9.98. The van der Waals surface area contributed by atoms with Crippen molar-refractivity contribution in [2.45, 2.75) is 0 Å². The molecule has 2 unspecified atom stereocenters. The predicted octanol–water partition coefficient (Wildman–Crippen LogP) is 3.14. The number of halogens is 2. The van der Waals surface area contributed by atoms with Crippen molar-refractivity contribution < 1.29 is 26.6 Å². The third-order valence-electron chi connectivity index (χ3n) is 0.956. The van der Waals surface area contributed by atoms with Gasteiger partial charge >= 0.3 is 15.7 Å². The molecule has 0 amide bonds. The summed E-state index contributed by atoms with van der Waals surface area (Å²) in [5.74, 6) is 0. The molecule has 0 radical (unpaired) electrons. The minimum absolute atomic E-state index is 0.414. The largest absolute Gasteiger partial charge is 0.452 e. The molecule has 0 bridgehead atoms. The van der Waals surface area contributed by atoms with Gasteiger partial charge in [0.05, 0.1) is 13.2 Å². The normalized spacial score (nSPS) is 18.8. The van der Waals surface area contributed by atoms with Crippen LogP contribution in [0.1, 0.15) is 0 Å². The topological polar surface area (TPSA) is 64.6 Å². The molecule has 2 atom stereocenters. The van der Waals surface area contributed by atoms with Crippen LogP contribution in [0.5, 0.6) is 0 Å². The first-order chi connectivity index (χ1) is 6.83. The smallest absolute Gasteiger partial charge is 0.289 e. The summed E-state index contributed by atoms with van der Waals surface area (Å²) in [5.41, 5.74) is 0. The molecule has 0 rings (SSSR count). The fraction of sp³-hybridized carbons (Fsp3) is 0.333. The highest BCUT2D eigenvalue weighted by Gasteiger charge is 2.35. The maximum absolute atomic E-state index is 12.9. The highest BCUT2D eigenvalue weighted by Crippen LogP contribution is 2.58. The lowest BCUT2D eigenvalue weighted by Gasteiger charge is -2.12. The van der Waals surface area contributed by atoms with Crippen LogP contribution in [0.2, 0.25) is 0 Å². The fourth-order valence-electron chi connectivity index (χ4n) is 0.498. The average molecular weight is 261 g/mol. The molecule has 1 N–H and O–H groups in total. The standard InChI is InChI=1S/C6H11F2NO4P2/c1-3-5-12-14(7,10)9-15(8,11)13-6-4-2/h3-4H,1-2,5-6H2,(H,9,10,11). The van der Waals surface area contributed by atoms with E-state index in [0.717, 1.165) is 17.0 Å². The van der Waals surface area contributed by atoms with Crippen LogP contribution in [0.25, 0.3) is 0 Å². The number of hydrogen-bond donors (Lipinski definition) is 1. The van der Waals surface area contributed by atoms with Crippen LogP contribution in [-0.4, -0.2) is 13.2 Å². The summed E-state index contributed by atoms with van der Waals surface area (Å²) in [4.78, 5) is 1.04. The van der Waals surface area contributed by atoms with Gasteiger partial charge in [-0.05, 0) is 0 Å². The molecular formula is C6H11F2NO4P2. The molecule has 0 aliphatic carbocycles. The van der Waals surface area contributed by atoms with Crippen molar-refractivity contribution in [1.29, 1.82) is 0 Å². The lowest BCUT2D eigenvalue weighted by Crippen LogP contribution is -2.06. The zero-order chi connectivity index (χ0) is 11.9. The molecule has 0 aliphatic rings. The van der Waals surface area contributed by atoms with Crippen molar-refractivity contribution in [3.63, 3.8) is 0 Å². The molecule has 0 aromatic heterocycles. The van der Waals surface area contributed by atoms with Gasteiger partial charge in [0.15, 0.2) is 0 Å². The Balaban J connectivity index is 4.29. The monoisotopic (exact) mass is 261 g/mol. The summed E-state index contributed by atoms with van der Waals surface area (Å²) in [6.07, 6.45) is 2.20. The molecule has 9 heteroatoms. The average Bonchev–Trinajstić information content (AvgIpc) is 2.10. The molecule has 0 aromatic rings. The lowest BCUT2D eigenvalue weighted by atomic mass is 10.7. The molecule has 0 aromatic carbocycles. The van der Waals surface area contributed by atoms with E-state index >= 15 is 0 Å². The molecule has 0 saturated carbocycles. The third-order valence-corrected chi connectivity index (χ3v) is 3.83. The minimum atomic E-state index is -4.99. The molecule has 5 nitrogen and oxygen atoms in total. The van der Waals surface area contributed by atoms with Gasteiger partial charge in [-0.2, -0.15) is 0 Å². The van der Waals surface area contributed by atoms with E-state index in [2.05, 4.69) is 22.2 Å². The van der Waals surface area contributed by atoms with Gasteiger partial charge < -0.3 is 0 Å². The van der Waals surface area contributed by atoms with E-state index in [1.165, 1.54) is 0 Å². The Hall–Kier alpha value is -0.320. The van der Waals surface area contributed by atoms with Crippen molar-refractivity contribution in [2.24, 2.45) is 0 Å². The van der Waals surface area contributed by atoms with Crippen LogP contribution in [0.3, 0.4) is 0 Å². The molecule has 0 spiro atoms. The van der Waals surface area contributed by atoms with Crippen molar-refractivity contribution in [3.05, 3.63) is 25.3 Å². The van der Waals surface area contributed by atoms with Gasteiger partial charge in [-0.3, -0.25) is 9.05 Å². The summed E-state index contributed by atoms with van der Waals surface area (Å²) < 4.78 is 55.4. The van der Waals surface area contributed by atoms with E-state index in [4.69, 9.17) is 0 Å². The Bertz CT molecular complexity index is 292. The minimum Gasteiger partial charge on any atom is -0.289 e. The number of nitrogens with one attached hydrogen (secondary N) is 1. The Morgan fingerprint density at radius 2 is 1.40 bits per heavy atom. The molecule has 15 heavy (non-hydrogen) atoms. The molecule has 88 valence electrons. The molecule has 0 saturated heterocycles. The van der Waals surface area contributed by atoms with Gasteiger partial charge in [0.1, 0.15) is 0 Å². The van der Waals surface area contributed by atoms with Gasteiger partial charge in [-0.15, -0.1) is 26.4 Å². The van der Waals surface area contributed by atoms with Crippen LogP contribution in [-0.2, 0) is 18.2 Å². The van der Waals surface area contributed by atoms with Crippen LogP contribution in [0.15, 0.2) is 25.3 Å². The van der Waals surface area contributed by atoms with Gasteiger partial charge in [-0.25, -0.2) is 9.13 Å². The first-order valence-corrected chi connectivity index (χ1v) is 6.76. The SMILES string of the molecule is C=CCOP(=O)(F)NP(=O)(F)OCC=C. The maximum atomic E-state index is 12.9. The molecule has 0 fully saturated rings. The summed E-state index contributed by atoms with van der Waals surface area (Å²) in [5, 5.41) is 0. The quantitative estimate of drug-likeness (QED) is 0.537. The lowest BCUT2D eigenvalue weighted by molar-refractivity contribution is 0.294. The van der Waals surface area contributed by atoms with Crippen molar-refractivity contribution in [2.75, 3.05) is 13.2 Å². The number of hydrogen-bond acceptors (Lipinski definition) is 4. The fourth-order valence-corrected chi connectivity index (χ4v) is 2.70. The van der Waals surface area contributed by atoms with Gasteiger partial charge in [0.25, 0.3) is 0 Å². The first kappa shape index (κ1) is 14.7. The van der Waals surface area contributed by atoms with E-state index in [0.29, 0.717) is 0 Å². The Morgan fingerprint density at radius 1 is 1.07 bits per heavy atom. The van der Waals surface area contributed by atoms with E-state index < -0.39 is 28.9 Å². The number of rotatable bonds is 8. The molecule has 0 heterocycles. The predicted molar refractivity (Wildman–Crippen MR) is 52.9 cm³/mol. The maximum Gasteiger partial charge on any atom is 0.452 e. The van der Waals surface area contributed by atoms with Gasteiger partial charge in [0.2, 0.25) is 0 Å². The van der Waals surface area contributed by atoms with Crippen molar-refractivity contribution in [3.8, 4) is 0 Å². The van der Waals surface area contributed by atoms with E-state index in [9.17, 15) is 17.5 Å². The molecular weight excluding hydrogens is 250 g/mol. The Labute approximate surface area is 86.4 Å². The highest BCUT2D eigenvalue weighted by atomic mass is 31.3. The van der Waals surface area contributed by atoms with Crippen molar-refractivity contribution >= 4 is 15.7 Å². The summed E-state index contributed by atoms with van der Waals surface area (Å²) in [6, 6.07) is 0. The van der Waals surface area contributed by atoms with Gasteiger partial charge in [0, 0.05) is 0 Å². The second-order valence-corrected chi connectivity index (χ2v) is 5.46. The molecule has 0 aliphatic heterocycles. The van der Waals surface area contributed by atoms with E-state index in [1.54, 1.807) is 0 Å². The zero-order valence-electron chi connectivity index (χ0n) is 7.77. The van der Waals surface area contributed by atoms with Crippen LogP contribution in [0.4, 0.5) is 8.39 Å². The second-order valence-electron chi connectivity index (χ2n) is 2.23. The van der Waals surface area contributed by atoms with Crippen molar-refractivity contribution in [1.82, 2.24) is 4.86 Å². The first-order valence-electron chi connectivity index (χ1n) is 3.73. The Morgan fingerprint density at radius 3 is 1.67 bits per heavy atom.